The van der Waals surface area contributed by atoms with E-state index in [-0.39, 0.29) is 18.0 Å². The van der Waals surface area contributed by atoms with Crippen molar-refractivity contribution < 1.29 is 4.79 Å². The maximum absolute atomic E-state index is 12.7. The Morgan fingerprint density at radius 3 is 2.88 bits per heavy atom. The Bertz CT molecular complexity index is 906. The molecule has 2 N–H and O–H groups in total. The van der Waals surface area contributed by atoms with Crippen LogP contribution < -0.4 is 10.6 Å². The molecule has 132 valence electrons. The fraction of sp³-hybridized carbons (Fsp3) is 0.250. The third kappa shape index (κ3) is 3.36. The number of nitrogens with zero attached hydrogens (tertiary/aromatic N) is 3. The third-order valence-electron chi connectivity index (χ3n) is 4.81. The van der Waals surface area contributed by atoms with E-state index < -0.39 is 0 Å². The van der Waals surface area contributed by atoms with Gasteiger partial charge in [-0.2, -0.15) is 5.10 Å². The highest BCUT2D eigenvalue weighted by Gasteiger charge is 2.25. The first kappa shape index (κ1) is 16.5. The first-order valence-corrected chi connectivity index (χ1v) is 8.76. The van der Waals surface area contributed by atoms with Gasteiger partial charge in [0.1, 0.15) is 12.7 Å². The lowest BCUT2D eigenvalue weighted by molar-refractivity contribution is -0.124. The number of carbonyl (C=O) groups excluding carboxylic acids is 1. The molecule has 1 amide bonds. The number of amides is 1. The summed E-state index contributed by atoms with van der Waals surface area (Å²) in [7, 11) is 0. The number of fused-ring (bicyclic) bond motifs is 1. The van der Waals surface area contributed by atoms with Crippen LogP contribution in [-0.2, 0) is 17.8 Å². The van der Waals surface area contributed by atoms with Gasteiger partial charge in [-0.3, -0.25) is 4.79 Å². The molecule has 2 heterocycles. The molecule has 6 heteroatoms. The van der Waals surface area contributed by atoms with Crippen molar-refractivity contribution in [2.45, 2.75) is 32.0 Å². The highest BCUT2D eigenvalue weighted by molar-refractivity contribution is 5.82. The van der Waals surface area contributed by atoms with Gasteiger partial charge in [-0.1, -0.05) is 36.4 Å². The molecule has 0 bridgehead atoms. The van der Waals surface area contributed by atoms with E-state index >= 15 is 0 Å². The number of nitrogens with one attached hydrogen (secondary N) is 2. The lowest BCUT2D eigenvalue weighted by atomic mass is 9.95. The van der Waals surface area contributed by atoms with Gasteiger partial charge in [-0.25, -0.2) is 9.67 Å². The van der Waals surface area contributed by atoms with Crippen LogP contribution in [0.15, 0.2) is 61.2 Å². The molecule has 1 aromatic heterocycles. The van der Waals surface area contributed by atoms with Crippen LogP contribution in [0.5, 0.6) is 0 Å². The summed E-state index contributed by atoms with van der Waals surface area (Å²) < 4.78 is 1.71. The molecule has 2 aromatic carbocycles. The van der Waals surface area contributed by atoms with E-state index in [1.807, 2.05) is 43.3 Å². The van der Waals surface area contributed by atoms with Gasteiger partial charge >= 0.3 is 0 Å². The second-order valence-corrected chi connectivity index (χ2v) is 6.57. The Balaban J connectivity index is 1.44. The quantitative estimate of drug-likeness (QED) is 0.759. The van der Waals surface area contributed by atoms with E-state index in [1.54, 1.807) is 11.0 Å². The molecule has 0 fully saturated rings. The highest BCUT2D eigenvalue weighted by Crippen LogP contribution is 2.19. The summed E-state index contributed by atoms with van der Waals surface area (Å²) in [6.45, 7) is 2.72. The number of hydrogen-bond acceptors (Lipinski definition) is 4. The Morgan fingerprint density at radius 1 is 1.23 bits per heavy atom. The van der Waals surface area contributed by atoms with E-state index in [0.717, 1.165) is 17.8 Å². The van der Waals surface area contributed by atoms with Crippen LogP contribution in [-0.4, -0.2) is 26.7 Å². The summed E-state index contributed by atoms with van der Waals surface area (Å²) in [4.78, 5) is 16.7. The van der Waals surface area contributed by atoms with Crippen molar-refractivity contribution in [2.24, 2.45) is 0 Å². The van der Waals surface area contributed by atoms with Crippen molar-refractivity contribution in [3.8, 4) is 5.69 Å². The summed E-state index contributed by atoms with van der Waals surface area (Å²) in [6, 6.07) is 15.9. The number of aromatic nitrogens is 3. The summed E-state index contributed by atoms with van der Waals surface area (Å²) in [5.41, 5.74) is 4.46. The predicted molar refractivity (Wildman–Crippen MR) is 98.7 cm³/mol. The molecule has 1 aliphatic heterocycles. The summed E-state index contributed by atoms with van der Waals surface area (Å²) in [6.07, 6.45) is 3.88. The van der Waals surface area contributed by atoms with Crippen LogP contribution in [0.4, 0.5) is 0 Å². The maximum atomic E-state index is 12.7. The summed E-state index contributed by atoms with van der Waals surface area (Å²) >= 11 is 0. The first-order valence-electron chi connectivity index (χ1n) is 8.76. The molecule has 0 radical (unpaired) electrons. The topological polar surface area (TPSA) is 71.8 Å². The molecule has 0 saturated heterocycles. The molecule has 2 atom stereocenters. The van der Waals surface area contributed by atoms with Crippen LogP contribution >= 0.6 is 0 Å². The molecule has 4 rings (SSSR count). The average molecular weight is 347 g/mol. The second kappa shape index (κ2) is 7.09. The number of carbonyl (C=O) groups is 1. The predicted octanol–water partition coefficient (Wildman–Crippen LogP) is 2.16. The van der Waals surface area contributed by atoms with E-state index in [1.165, 1.54) is 17.5 Å². The molecular formula is C20H21N5O. The van der Waals surface area contributed by atoms with Gasteiger partial charge in [0.15, 0.2) is 0 Å². The van der Waals surface area contributed by atoms with Gasteiger partial charge in [-0.05, 0) is 42.2 Å². The van der Waals surface area contributed by atoms with Crippen LogP contribution in [0.25, 0.3) is 5.69 Å². The van der Waals surface area contributed by atoms with Crippen molar-refractivity contribution in [2.75, 3.05) is 0 Å². The van der Waals surface area contributed by atoms with Crippen molar-refractivity contribution in [1.82, 2.24) is 25.4 Å². The lowest BCUT2D eigenvalue weighted by Crippen LogP contribution is -2.48. The molecule has 2 unspecified atom stereocenters. The maximum Gasteiger partial charge on any atom is 0.237 e. The van der Waals surface area contributed by atoms with Gasteiger partial charge < -0.3 is 10.6 Å². The molecular weight excluding hydrogens is 326 g/mol. The average Bonchev–Trinajstić information content (AvgIpc) is 3.22. The number of benzene rings is 2. The Labute approximate surface area is 152 Å². The highest BCUT2D eigenvalue weighted by atomic mass is 16.2. The summed E-state index contributed by atoms with van der Waals surface area (Å²) in [5, 5.41) is 10.6. The van der Waals surface area contributed by atoms with Gasteiger partial charge in [0.2, 0.25) is 5.91 Å². The van der Waals surface area contributed by atoms with E-state index in [9.17, 15) is 4.79 Å². The van der Waals surface area contributed by atoms with E-state index in [4.69, 9.17) is 0 Å². The molecule has 0 aliphatic carbocycles. The molecule has 0 saturated carbocycles. The zero-order valence-electron chi connectivity index (χ0n) is 14.6. The molecule has 3 aromatic rings. The SMILES string of the molecule is CC(NC(=O)C1Cc2ccccc2CN1)c1cccc(-n2cncn2)c1. The van der Waals surface area contributed by atoms with Crippen molar-refractivity contribution >= 4 is 5.91 Å². The van der Waals surface area contributed by atoms with Crippen LogP contribution in [0.1, 0.15) is 29.7 Å². The Hall–Kier alpha value is -2.99. The normalized spacial score (nSPS) is 17.3. The van der Waals surface area contributed by atoms with Crippen molar-refractivity contribution in [3.63, 3.8) is 0 Å². The minimum Gasteiger partial charge on any atom is -0.348 e. The Kier molecular flexibility index (Phi) is 4.50. The van der Waals surface area contributed by atoms with Crippen molar-refractivity contribution in [1.29, 1.82) is 0 Å². The molecule has 6 nitrogen and oxygen atoms in total. The fourth-order valence-corrected chi connectivity index (χ4v) is 3.32. The van der Waals surface area contributed by atoms with E-state index in [0.29, 0.717) is 6.42 Å². The zero-order chi connectivity index (χ0) is 17.9. The third-order valence-corrected chi connectivity index (χ3v) is 4.81. The van der Waals surface area contributed by atoms with E-state index in [2.05, 4.69) is 32.8 Å². The Morgan fingerprint density at radius 2 is 2.08 bits per heavy atom. The van der Waals surface area contributed by atoms with Crippen LogP contribution in [0.2, 0.25) is 0 Å². The number of hydrogen-bond donors (Lipinski definition) is 2. The standard InChI is InChI=1S/C20H21N5O/c1-14(15-7-4-8-18(9-15)25-13-21-12-23-25)24-20(26)19-10-16-5-2-3-6-17(16)11-22-19/h2-9,12-14,19,22H,10-11H2,1H3,(H,24,26). The smallest absolute Gasteiger partial charge is 0.237 e. The van der Waals surface area contributed by atoms with Crippen LogP contribution in [0.3, 0.4) is 0 Å². The van der Waals surface area contributed by atoms with Gasteiger partial charge in [-0.15, -0.1) is 0 Å². The largest absolute Gasteiger partial charge is 0.348 e. The monoisotopic (exact) mass is 347 g/mol. The fourth-order valence-electron chi connectivity index (χ4n) is 3.32. The van der Waals surface area contributed by atoms with Crippen molar-refractivity contribution in [3.05, 3.63) is 77.9 Å². The van der Waals surface area contributed by atoms with Gasteiger partial charge in [0.05, 0.1) is 17.8 Å². The molecule has 26 heavy (non-hydrogen) atoms. The minimum absolute atomic E-state index is 0.0261. The first-order chi connectivity index (χ1) is 12.7. The summed E-state index contributed by atoms with van der Waals surface area (Å²) in [5.74, 6) is 0.0261. The van der Waals surface area contributed by atoms with Gasteiger partial charge in [0.25, 0.3) is 0 Å². The second-order valence-electron chi connectivity index (χ2n) is 6.57. The number of rotatable bonds is 4. The minimum atomic E-state index is -0.203. The molecule has 1 aliphatic rings. The molecule has 0 spiro atoms. The lowest BCUT2D eigenvalue weighted by Gasteiger charge is -2.27. The van der Waals surface area contributed by atoms with Gasteiger partial charge in [0, 0.05) is 6.54 Å². The van der Waals surface area contributed by atoms with Crippen LogP contribution in [0, 0.1) is 0 Å². The zero-order valence-corrected chi connectivity index (χ0v) is 14.6.